The minimum Gasteiger partial charge on any atom is -0.381 e. The molecule has 0 radical (unpaired) electrons. The van der Waals surface area contributed by atoms with Gasteiger partial charge in [0.1, 0.15) is 0 Å². The lowest BCUT2D eigenvalue weighted by molar-refractivity contribution is -0.127. The van der Waals surface area contributed by atoms with Gasteiger partial charge in [0.25, 0.3) is 0 Å². The normalized spacial score (nSPS) is 19.3. The van der Waals surface area contributed by atoms with E-state index < -0.39 is 0 Å². The lowest BCUT2D eigenvalue weighted by Gasteiger charge is -2.22. The lowest BCUT2D eigenvalue weighted by Crippen LogP contribution is -2.45. The molecule has 2 fully saturated rings. The molecular weight excluding hydrogens is 523 g/mol. The van der Waals surface area contributed by atoms with E-state index in [0.29, 0.717) is 31.8 Å². The van der Waals surface area contributed by atoms with Crippen LogP contribution in [0, 0.1) is 0 Å². The number of ether oxygens (including phenoxy) is 3. The molecule has 3 rings (SSSR count). The van der Waals surface area contributed by atoms with Crippen LogP contribution in [0.3, 0.4) is 0 Å². The second-order valence-corrected chi connectivity index (χ2v) is 8.26. The van der Waals surface area contributed by atoms with Crippen LogP contribution in [0.5, 0.6) is 0 Å². The summed E-state index contributed by atoms with van der Waals surface area (Å²) in [4.78, 5) is 18.2. The smallest absolute Gasteiger partial charge is 0.241 e. The average molecular weight is 560 g/mol. The highest BCUT2D eigenvalue weighted by molar-refractivity contribution is 14.0. The third-order valence-electron chi connectivity index (χ3n) is 5.52. The van der Waals surface area contributed by atoms with Crippen molar-refractivity contribution in [1.82, 2.24) is 15.5 Å². The number of nitrogens with zero attached hydrogens (tertiary/aromatic N) is 2. The van der Waals surface area contributed by atoms with Gasteiger partial charge in [0.05, 0.1) is 31.9 Å². The molecule has 0 bridgehead atoms. The number of carbonyl (C=O) groups excluding carboxylic acids is 1. The molecule has 2 aliphatic heterocycles. The van der Waals surface area contributed by atoms with Crippen molar-refractivity contribution in [3.05, 3.63) is 35.4 Å². The Morgan fingerprint density at radius 3 is 2.47 bits per heavy atom. The number of carbonyl (C=O) groups is 1. The van der Waals surface area contributed by atoms with Crippen LogP contribution in [-0.2, 0) is 32.2 Å². The molecule has 2 N–H and O–H groups in total. The van der Waals surface area contributed by atoms with Crippen LogP contribution in [0.25, 0.3) is 0 Å². The molecule has 2 aliphatic rings. The number of hydrogen-bond acceptors (Lipinski definition) is 5. The van der Waals surface area contributed by atoms with E-state index in [4.69, 9.17) is 14.2 Å². The summed E-state index contributed by atoms with van der Waals surface area (Å²) < 4.78 is 17.0. The quantitative estimate of drug-likeness (QED) is 0.274. The van der Waals surface area contributed by atoms with Gasteiger partial charge in [-0.1, -0.05) is 24.3 Å². The van der Waals surface area contributed by atoms with Crippen LogP contribution in [0.15, 0.2) is 29.3 Å². The second-order valence-electron chi connectivity index (χ2n) is 8.26. The molecular formula is C23H37IN4O4. The molecule has 1 aromatic carbocycles. The summed E-state index contributed by atoms with van der Waals surface area (Å²) in [5.74, 6) is 0.623. The van der Waals surface area contributed by atoms with Crippen molar-refractivity contribution >= 4 is 35.8 Å². The highest BCUT2D eigenvalue weighted by Crippen LogP contribution is 2.14. The Hall–Kier alpha value is -1.43. The maximum absolute atomic E-state index is 11.9. The number of benzene rings is 1. The van der Waals surface area contributed by atoms with Crippen molar-refractivity contribution in [2.45, 2.75) is 51.0 Å². The van der Waals surface area contributed by atoms with Crippen molar-refractivity contribution < 1.29 is 19.0 Å². The molecule has 2 heterocycles. The predicted octanol–water partition coefficient (Wildman–Crippen LogP) is 2.30. The van der Waals surface area contributed by atoms with Crippen LogP contribution in [0.2, 0.25) is 0 Å². The second kappa shape index (κ2) is 14.7. The van der Waals surface area contributed by atoms with Gasteiger partial charge in [-0.3, -0.25) is 4.79 Å². The zero-order valence-corrected chi connectivity index (χ0v) is 21.5. The molecule has 1 amide bonds. The summed E-state index contributed by atoms with van der Waals surface area (Å²) in [5, 5.41) is 6.43. The van der Waals surface area contributed by atoms with Crippen LogP contribution in [-0.4, -0.2) is 76.0 Å². The minimum absolute atomic E-state index is 0. The van der Waals surface area contributed by atoms with E-state index in [1.807, 2.05) is 0 Å². The first-order valence-electron chi connectivity index (χ1n) is 11.2. The Bertz CT molecular complexity index is 702. The number of amides is 1. The van der Waals surface area contributed by atoms with Gasteiger partial charge in [0.2, 0.25) is 5.91 Å². The van der Waals surface area contributed by atoms with Gasteiger partial charge in [-0.25, -0.2) is 4.99 Å². The molecule has 0 aromatic heterocycles. The summed E-state index contributed by atoms with van der Waals surface area (Å²) in [6.07, 6.45) is 4.58. The fraction of sp³-hybridized carbons (Fsp3) is 0.652. The first kappa shape index (κ1) is 26.8. The van der Waals surface area contributed by atoms with Gasteiger partial charge >= 0.3 is 0 Å². The van der Waals surface area contributed by atoms with Crippen molar-refractivity contribution in [3.8, 4) is 0 Å². The van der Waals surface area contributed by atoms with Crippen molar-refractivity contribution in [2.24, 2.45) is 4.99 Å². The Labute approximate surface area is 208 Å². The fourth-order valence-electron chi connectivity index (χ4n) is 3.48. The van der Waals surface area contributed by atoms with Crippen LogP contribution in [0.1, 0.15) is 36.8 Å². The number of likely N-dealkylation sites (N-methyl/N-ethyl adjacent to an activating group) is 1. The largest absolute Gasteiger partial charge is 0.381 e. The number of halogens is 1. The van der Waals surface area contributed by atoms with Crippen molar-refractivity contribution in [1.29, 1.82) is 0 Å². The van der Waals surface area contributed by atoms with E-state index in [0.717, 1.165) is 56.6 Å². The van der Waals surface area contributed by atoms with Crippen LogP contribution >= 0.6 is 24.0 Å². The summed E-state index contributed by atoms with van der Waals surface area (Å²) in [6.45, 7) is 4.43. The Morgan fingerprint density at radius 2 is 1.81 bits per heavy atom. The molecule has 0 aliphatic carbocycles. The first-order valence-corrected chi connectivity index (χ1v) is 11.2. The Morgan fingerprint density at radius 1 is 1.09 bits per heavy atom. The van der Waals surface area contributed by atoms with Gasteiger partial charge in [0.15, 0.2) is 5.96 Å². The maximum atomic E-state index is 11.9. The van der Waals surface area contributed by atoms with Crippen molar-refractivity contribution in [2.75, 3.05) is 47.0 Å². The zero-order chi connectivity index (χ0) is 21.9. The fourth-order valence-corrected chi connectivity index (χ4v) is 3.48. The molecule has 9 heteroatoms. The third kappa shape index (κ3) is 9.60. The van der Waals surface area contributed by atoms with Gasteiger partial charge in [-0.05, 0) is 36.8 Å². The number of aliphatic imine (C=N–C) groups is 1. The molecule has 0 saturated carbocycles. The SMILES string of the molecule is CN(C)C(=O)CNC(=NCc1ccc(COC2CCOCC2)cc1)NCC1CCCO1.I. The molecule has 1 aromatic rings. The number of hydrogen-bond donors (Lipinski definition) is 2. The molecule has 180 valence electrons. The van der Waals surface area contributed by atoms with E-state index in [1.54, 1.807) is 19.0 Å². The first-order chi connectivity index (χ1) is 15.1. The van der Waals surface area contributed by atoms with E-state index in [2.05, 4.69) is 39.9 Å². The minimum atomic E-state index is 0. The molecule has 0 spiro atoms. The number of rotatable bonds is 9. The van der Waals surface area contributed by atoms with Gasteiger partial charge in [0, 0.05) is 40.5 Å². The van der Waals surface area contributed by atoms with Crippen LogP contribution in [0.4, 0.5) is 0 Å². The lowest BCUT2D eigenvalue weighted by atomic mass is 10.1. The standard InChI is InChI=1S/C23H36N4O4.HI/c1-27(2)22(28)16-26-23(25-15-21-4-3-11-30-21)24-14-18-5-7-19(8-6-18)17-31-20-9-12-29-13-10-20;/h5-8,20-21H,3-4,9-17H2,1-2H3,(H2,24,25,26);1H. The van der Waals surface area contributed by atoms with E-state index in [-0.39, 0.29) is 42.5 Å². The highest BCUT2D eigenvalue weighted by Gasteiger charge is 2.16. The molecule has 1 unspecified atom stereocenters. The monoisotopic (exact) mass is 560 g/mol. The van der Waals surface area contributed by atoms with E-state index in [9.17, 15) is 4.79 Å². The van der Waals surface area contributed by atoms with Gasteiger partial charge < -0.3 is 29.7 Å². The van der Waals surface area contributed by atoms with E-state index in [1.165, 1.54) is 0 Å². The van der Waals surface area contributed by atoms with Crippen molar-refractivity contribution in [3.63, 3.8) is 0 Å². The third-order valence-corrected chi connectivity index (χ3v) is 5.52. The zero-order valence-electron chi connectivity index (χ0n) is 19.2. The average Bonchev–Trinajstić information content (AvgIpc) is 3.32. The Kier molecular flexibility index (Phi) is 12.3. The molecule has 1 atom stereocenters. The highest BCUT2D eigenvalue weighted by atomic mass is 127. The topological polar surface area (TPSA) is 84.4 Å². The Balaban J connectivity index is 0.00000363. The summed E-state index contributed by atoms with van der Waals surface area (Å²) in [7, 11) is 3.49. The van der Waals surface area contributed by atoms with Gasteiger partial charge in [-0.15, -0.1) is 24.0 Å². The molecule has 32 heavy (non-hydrogen) atoms. The predicted molar refractivity (Wildman–Crippen MR) is 135 cm³/mol. The number of nitrogens with one attached hydrogen (secondary N) is 2. The maximum Gasteiger partial charge on any atom is 0.241 e. The van der Waals surface area contributed by atoms with Crippen LogP contribution < -0.4 is 10.6 Å². The van der Waals surface area contributed by atoms with E-state index >= 15 is 0 Å². The molecule has 8 nitrogen and oxygen atoms in total. The summed E-state index contributed by atoms with van der Waals surface area (Å²) >= 11 is 0. The summed E-state index contributed by atoms with van der Waals surface area (Å²) in [5.41, 5.74) is 2.26. The van der Waals surface area contributed by atoms with Gasteiger partial charge in [-0.2, -0.15) is 0 Å². The number of guanidine groups is 1. The molecule has 2 saturated heterocycles. The summed E-state index contributed by atoms with van der Waals surface area (Å²) in [6, 6.07) is 8.34.